The third kappa shape index (κ3) is 4.28. The maximum absolute atomic E-state index is 14.2. The normalized spacial score (nSPS) is 16.8. The highest BCUT2D eigenvalue weighted by Gasteiger charge is 2.30. The van der Waals surface area contributed by atoms with Gasteiger partial charge in [0, 0.05) is 44.2 Å². The van der Waals surface area contributed by atoms with Gasteiger partial charge in [-0.25, -0.2) is 14.4 Å². The molecule has 0 unspecified atom stereocenters. The molecule has 3 aromatic rings. The van der Waals surface area contributed by atoms with Crippen LogP contribution >= 0.6 is 0 Å². The minimum atomic E-state index is -0.460. The van der Waals surface area contributed by atoms with Gasteiger partial charge in [-0.1, -0.05) is 0 Å². The zero-order valence-electron chi connectivity index (χ0n) is 17.8. The molecule has 1 saturated carbocycles. The Hall–Kier alpha value is -3.49. The lowest BCUT2D eigenvalue weighted by Crippen LogP contribution is -2.42. The van der Waals surface area contributed by atoms with Gasteiger partial charge in [-0.3, -0.25) is 9.78 Å². The Morgan fingerprint density at radius 2 is 1.94 bits per heavy atom. The summed E-state index contributed by atoms with van der Waals surface area (Å²) < 4.78 is 25.1. The monoisotopic (exact) mass is 437 g/mol. The summed E-state index contributed by atoms with van der Waals surface area (Å²) in [4.78, 5) is 28.4. The minimum absolute atomic E-state index is 0.166. The number of likely N-dealkylation sites (tertiary alicyclic amines) is 1. The molecule has 1 amide bonds. The van der Waals surface area contributed by atoms with Crippen molar-refractivity contribution in [2.45, 2.75) is 37.8 Å². The van der Waals surface area contributed by atoms with Crippen molar-refractivity contribution in [2.75, 3.05) is 25.5 Å². The molecule has 8 nitrogen and oxygen atoms in total. The second kappa shape index (κ2) is 8.57. The van der Waals surface area contributed by atoms with Crippen LogP contribution in [0.4, 0.5) is 10.2 Å². The zero-order chi connectivity index (χ0) is 22.1. The van der Waals surface area contributed by atoms with Crippen molar-refractivity contribution in [3.63, 3.8) is 0 Å². The van der Waals surface area contributed by atoms with Crippen LogP contribution in [0.2, 0.25) is 0 Å². The van der Waals surface area contributed by atoms with Gasteiger partial charge in [0.05, 0.1) is 18.8 Å². The average molecular weight is 437 g/mol. The van der Waals surface area contributed by atoms with Crippen molar-refractivity contribution in [1.29, 1.82) is 0 Å². The number of fused-ring (bicyclic) bond motifs is 1. The van der Waals surface area contributed by atoms with E-state index >= 15 is 0 Å². The van der Waals surface area contributed by atoms with Crippen LogP contribution in [0.3, 0.4) is 0 Å². The maximum atomic E-state index is 14.2. The number of piperidine rings is 1. The molecule has 1 saturated heterocycles. The minimum Gasteiger partial charge on any atom is -0.497 e. The van der Waals surface area contributed by atoms with Gasteiger partial charge in [-0.2, -0.15) is 0 Å². The molecule has 32 heavy (non-hydrogen) atoms. The van der Waals surface area contributed by atoms with Gasteiger partial charge in [-0.05, 0) is 31.0 Å². The number of nitrogens with zero attached hydrogens (tertiary/aromatic N) is 4. The van der Waals surface area contributed by atoms with Crippen molar-refractivity contribution in [3.05, 3.63) is 48.2 Å². The molecule has 1 aliphatic heterocycles. The topological polar surface area (TPSA) is 89.5 Å². The molecule has 0 radical (unpaired) electrons. The maximum Gasteiger partial charge on any atom is 0.276 e. The van der Waals surface area contributed by atoms with E-state index in [1.165, 1.54) is 13.2 Å². The Bertz CT molecular complexity index is 1150. The second-order valence-electron chi connectivity index (χ2n) is 8.11. The van der Waals surface area contributed by atoms with Crippen LogP contribution in [0, 0.1) is 5.82 Å². The molecule has 2 aromatic heterocycles. The number of anilines is 1. The van der Waals surface area contributed by atoms with E-state index in [-0.39, 0.29) is 17.8 Å². The van der Waals surface area contributed by atoms with Crippen LogP contribution in [-0.2, 0) is 0 Å². The third-order valence-electron chi connectivity index (χ3n) is 5.75. The lowest BCUT2D eigenvalue weighted by Gasteiger charge is -2.32. The number of aromatic nitrogens is 3. The SMILES string of the molecule is COc1ccc(OC2CCN(C(=O)c3nc4cnccc4nc3NC3CC3)CC2)c(F)c1. The Morgan fingerprint density at radius 1 is 1.12 bits per heavy atom. The van der Waals surface area contributed by atoms with E-state index in [0.717, 1.165) is 12.8 Å². The van der Waals surface area contributed by atoms with E-state index in [1.807, 2.05) is 0 Å². The number of hydrogen-bond donors (Lipinski definition) is 1. The van der Waals surface area contributed by atoms with E-state index in [1.54, 1.807) is 35.5 Å². The number of pyridine rings is 1. The summed E-state index contributed by atoms with van der Waals surface area (Å²) in [5.41, 5.74) is 1.61. The number of carbonyl (C=O) groups is 1. The fraction of sp³-hybridized carbons (Fsp3) is 0.391. The van der Waals surface area contributed by atoms with E-state index in [9.17, 15) is 9.18 Å². The highest BCUT2D eigenvalue weighted by atomic mass is 19.1. The Kier molecular flexibility index (Phi) is 5.46. The number of nitrogens with one attached hydrogen (secondary N) is 1. The van der Waals surface area contributed by atoms with Gasteiger partial charge < -0.3 is 19.7 Å². The van der Waals surface area contributed by atoms with Gasteiger partial charge in [0.25, 0.3) is 5.91 Å². The Balaban J connectivity index is 1.28. The second-order valence-corrected chi connectivity index (χ2v) is 8.11. The number of methoxy groups -OCH3 is 1. The summed E-state index contributed by atoms with van der Waals surface area (Å²) in [5.74, 6) is 0.533. The number of carbonyl (C=O) groups excluding carboxylic acids is 1. The number of amides is 1. The molecule has 166 valence electrons. The quantitative estimate of drug-likeness (QED) is 0.632. The highest BCUT2D eigenvalue weighted by Crippen LogP contribution is 2.29. The molecule has 1 N–H and O–H groups in total. The molecule has 2 fully saturated rings. The Morgan fingerprint density at radius 3 is 2.66 bits per heavy atom. The fourth-order valence-corrected chi connectivity index (χ4v) is 3.79. The van der Waals surface area contributed by atoms with Gasteiger partial charge in [-0.15, -0.1) is 0 Å². The lowest BCUT2D eigenvalue weighted by atomic mass is 10.1. The van der Waals surface area contributed by atoms with Crippen LogP contribution in [-0.4, -0.2) is 58.1 Å². The molecule has 0 bridgehead atoms. The first-order valence-corrected chi connectivity index (χ1v) is 10.8. The fourth-order valence-electron chi connectivity index (χ4n) is 3.79. The van der Waals surface area contributed by atoms with E-state index in [2.05, 4.69) is 20.3 Å². The molecule has 1 aromatic carbocycles. The van der Waals surface area contributed by atoms with Crippen molar-refractivity contribution in [3.8, 4) is 11.5 Å². The standard InChI is InChI=1S/C23H24FN5O3/c1-31-16-4-5-20(17(24)12-16)32-15-7-10-29(11-8-15)23(30)21-22(26-14-2-3-14)28-18-6-9-25-13-19(18)27-21/h4-6,9,12-15H,2-3,7-8,10-11H2,1H3,(H,26,28). The summed E-state index contributed by atoms with van der Waals surface area (Å²) in [6, 6.07) is 6.67. The summed E-state index contributed by atoms with van der Waals surface area (Å²) in [6.45, 7) is 0.994. The molecular formula is C23H24FN5O3. The molecule has 0 atom stereocenters. The Labute approximate surface area is 184 Å². The molecule has 5 rings (SSSR count). The van der Waals surface area contributed by atoms with E-state index in [4.69, 9.17) is 9.47 Å². The van der Waals surface area contributed by atoms with Gasteiger partial charge in [0.15, 0.2) is 23.1 Å². The zero-order valence-corrected chi connectivity index (χ0v) is 17.8. The predicted octanol–water partition coefficient (Wildman–Crippen LogP) is 3.43. The first kappa shape index (κ1) is 20.4. The summed E-state index contributed by atoms with van der Waals surface area (Å²) in [5, 5.41) is 3.34. The number of halogens is 1. The summed E-state index contributed by atoms with van der Waals surface area (Å²) in [6.07, 6.45) is 6.44. The van der Waals surface area contributed by atoms with Crippen LogP contribution in [0.15, 0.2) is 36.7 Å². The van der Waals surface area contributed by atoms with Gasteiger partial charge >= 0.3 is 0 Å². The van der Waals surface area contributed by atoms with Crippen LogP contribution in [0.25, 0.3) is 11.0 Å². The molecular weight excluding hydrogens is 413 g/mol. The molecule has 0 spiro atoms. The van der Waals surface area contributed by atoms with Gasteiger partial charge in [0.1, 0.15) is 17.4 Å². The lowest BCUT2D eigenvalue weighted by molar-refractivity contribution is 0.0584. The molecule has 9 heteroatoms. The van der Waals surface area contributed by atoms with Gasteiger partial charge in [0.2, 0.25) is 0 Å². The molecule has 3 heterocycles. The molecule has 2 aliphatic rings. The van der Waals surface area contributed by atoms with Crippen molar-refractivity contribution >= 4 is 22.8 Å². The average Bonchev–Trinajstić information content (AvgIpc) is 3.64. The van der Waals surface area contributed by atoms with Crippen LogP contribution < -0.4 is 14.8 Å². The number of ether oxygens (including phenoxy) is 2. The van der Waals surface area contributed by atoms with Crippen LogP contribution in [0.1, 0.15) is 36.2 Å². The molecule has 1 aliphatic carbocycles. The van der Waals surface area contributed by atoms with E-state index in [0.29, 0.717) is 60.3 Å². The summed E-state index contributed by atoms with van der Waals surface area (Å²) >= 11 is 0. The smallest absolute Gasteiger partial charge is 0.276 e. The van der Waals surface area contributed by atoms with E-state index < -0.39 is 5.82 Å². The van der Waals surface area contributed by atoms with Crippen molar-refractivity contribution < 1.29 is 18.7 Å². The summed E-state index contributed by atoms with van der Waals surface area (Å²) in [7, 11) is 1.49. The largest absolute Gasteiger partial charge is 0.497 e. The third-order valence-corrected chi connectivity index (χ3v) is 5.75. The predicted molar refractivity (Wildman–Crippen MR) is 116 cm³/mol. The van der Waals surface area contributed by atoms with Crippen molar-refractivity contribution in [2.24, 2.45) is 0 Å². The number of rotatable bonds is 6. The number of benzene rings is 1. The first-order valence-electron chi connectivity index (χ1n) is 10.8. The van der Waals surface area contributed by atoms with Crippen LogP contribution in [0.5, 0.6) is 11.5 Å². The number of hydrogen-bond acceptors (Lipinski definition) is 7. The van der Waals surface area contributed by atoms with Crippen molar-refractivity contribution in [1.82, 2.24) is 19.9 Å². The highest BCUT2D eigenvalue weighted by molar-refractivity contribution is 5.99. The first-order chi connectivity index (χ1) is 15.6.